The molecule has 0 amide bonds. The van der Waals surface area contributed by atoms with E-state index < -0.39 is 0 Å². The summed E-state index contributed by atoms with van der Waals surface area (Å²) in [5.74, 6) is 0. The van der Waals surface area contributed by atoms with Gasteiger partial charge in [-0.2, -0.15) is 0 Å². The minimum absolute atomic E-state index is 0.139. The molecule has 1 aliphatic carbocycles. The zero-order chi connectivity index (χ0) is 11.8. The van der Waals surface area contributed by atoms with Gasteiger partial charge in [0.25, 0.3) is 0 Å². The van der Waals surface area contributed by atoms with Crippen LogP contribution in [0.2, 0.25) is 5.02 Å². The van der Waals surface area contributed by atoms with Gasteiger partial charge >= 0.3 is 0 Å². The van der Waals surface area contributed by atoms with Gasteiger partial charge in [-0.05, 0) is 48.8 Å². The molecule has 1 aromatic rings. The van der Waals surface area contributed by atoms with E-state index in [4.69, 9.17) is 17.3 Å². The molecule has 1 aliphatic rings. The molecule has 0 spiro atoms. The predicted octanol–water partition coefficient (Wildman–Crippen LogP) is 4.09. The van der Waals surface area contributed by atoms with Crippen LogP contribution in [-0.4, -0.2) is 0 Å². The molecule has 0 atom stereocenters. The summed E-state index contributed by atoms with van der Waals surface area (Å²) in [6.45, 7) is 4.66. The molecule has 0 radical (unpaired) electrons. The lowest BCUT2D eigenvalue weighted by Gasteiger charge is -2.41. The fraction of sp³-hybridized carbons (Fsp3) is 0.571. The van der Waals surface area contributed by atoms with E-state index in [1.807, 2.05) is 12.1 Å². The fourth-order valence-corrected chi connectivity index (χ4v) is 2.57. The summed E-state index contributed by atoms with van der Waals surface area (Å²) in [5, 5.41) is 0.781. The first kappa shape index (κ1) is 11.9. The summed E-state index contributed by atoms with van der Waals surface area (Å²) in [6, 6.07) is 8.01. The third kappa shape index (κ3) is 2.41. The number of hydrogen-bond donors (Lipinski definition) is 1. The lowest BCUT2D eigenvalue weighted by molar-refractivity contribution is 0.165. The van der Waals surface area contributed by atoms with Crippen molar-refractivity contribution in [1.82, 2.24) is 0 Å². The van der Waals surface area contributed by atoms with Gasteiger partial charge in [0.2, 0.25) is 0 Å². The average Bonchev–Trinajstić information content (AvgIpc) is 2.24. The third-order valence-corrected chi connectivity index (χ3v) is 4.17. The molecule has 0 aromatic heterocycles. The molecule has 2 N–H and O–H groups in total. The van der Waals surface area contributed by atoms with Crippen LogP contribution in [0.4, 0.5) is 0 Å². The van der Waals surface area contributed by atoms with Crippen LogP contribution >= 0.6 is 11.6 Å². The van der Waals surface area contributed by atoms with E-state index in [1.54, 1.807) is 0 Å². The first-order chi connectivity index (χ1) is 7.41. The molecule has 0 unspecified atom stereocenters. The molecule has 0 saturated heterocycles. The highest BCUT2D eigenvalue weighted by molar-refractivity contribution is 6.30. The van der Waals surface area contributed by atoms with Crippen LogP contribution in [0.1, 0.15) is 45.1 Å². The molecule has 1 saturated carbocycles. The van der Waals surface area contributed by atoms with E-state index in [1.165, 1.54) is 18.4 Å². The van der Waals surface area contributed by atoms with E-state index >= 15 is 0 Å². The molecule has 1 aromatic carbocycles. The Hall–Kier alpha value is -0.530. The highest BCUT2D eigenvalue weighted by atomic mass is 35.5. The van der Waals surface area contributed by atoms with Gasteiger partial charge in [-0.3, -0.25) is 0 Å². The highest BCUT2D eigenvalue weighted by Crippen LogP contribution is 2.43. The van der Waals surface area contributed by atoms with E-state index in [0.29, 0.717) is 5.41 Å². The zero-order valence-corrected chi connectivity index (χ0v) is 10.8. The van der Waals surface area contributed by atoms with Crippen LogP contribution in [0.5, 0.6) is 0 Å². The van der Waals surface area contributed by atoms with Gasteiger partial charge in [0.15, 0.2) is 0 Å². The number of halogens is 1. The first-order valence-electron chi connectivity index (χ1n) is 5.96. The summed E-state index contributed by atoms with van der Waals surface area (Å²) < 4.78 is 0. The Morgan fingerprint density at radius 1 is 1.00 bits per heavy atom. The van der Waals surface area contributed by atoms with Gasteiger partial charge in [0.05, 0.1) is 0 Å². The fourth-order valence-electron chi connectivity index (χ4n) is 2.44. The molecule has 88 valence electrons. The summed E-state index contributed by atoms with van der Waals surface area (Å²) in [6.07, 6.45) is 4.54. The maximum absolute atomic E-state index is 6.51. The van der Waals surface area contributed by atoms with Gasteiger partial charge in [0, 0.05) is 10.6 Å². The Balaban J connectivity index is 2.18. The predicted molar refractivity (Wildman–Crippen MR) is 69.6 cm³/mol. The topological polar surface area (TPSA) is 26.0 Å². The van der Waals surface area contributed by atoms with Crippen LogP contribution in [0.3, 0.4) is 0 Å². The molecule has 0 aliphatic heterocycles. The SMILES string of the molecule is CC1(C)CCC(N)(c2ccc(Cl)cc2)CC1. The smallest absolute Gasteiger partial charge is 0.0410 e. The Bertz CT molecular complexity index is 357. The van der Waals surface area contributed by atoms with Crippen LogP contribution in [0.15, 0.2) is 24.3 Å². The van der Waals surface area contributed by atoms with Crippen molar-refractivity contribution >= 4 is 11.6 Å². The average molecular weight is 238 g/mol. The maximum atomic E-state index is 6.51. The van der Waals surface area contributed by atoms with Crippen molar-refractivity contribution in [1.29, 1.82) is 0 Å². The molecule has 0 bridgehead atoms. The van der Waals surface area contributed by atoms with Crippen molar-refractivity contribution in [3.05, 3.63) is 34.9 Å². The monoisotopic (exact) mass is 237 g/mol. The van der Waals surface area contributed by atoms with Crippen LogP contribution in [0, 0.1) is 5.41 Å². The summed E-state index contributed by atoms with van der Waals surface area (Å²) in [5.41, 5.74) is 8.05. The molecular formula is C14H20ClN. The second-order valence-corrected chi connectivity index (χ2v) is 6.26. The quantitative estimate of drug-likeness (QED) is 0.782. The third-order valence-electron chi connectivity index (χ3n) is 3.91. The molecule has 2 heteroatoms. The Labute approximate surface area is 103 Å². The summed E-state index contributed by atoms with van der Waals surface area (Å²) >= 11 is 5.90. The minimum Gasteiger partial charge on any atom is -0.321 e. The van der Waals surface area contributed by atoms with Gasteiger partial charge in [-0.15, -0.1) is 0 Å². The molecular weight excluding hydrogens is 218 g/mol. The van der Waals surface area contributed by atoms with Gasteiger partial charge in [-0.1, -0.05) is 37.6 Å². The van der Waals surface area contributed by atoms with E-state index in [-0.39, 0.29) is 5.54 Å². The Kier molecular flexibility index (Phi) is 3.02. The lowest BCUT2D eigenvalue weighted by Crippen LogP contribution is -2.42. The zero-order valence-electron chi connectivity index (χ0n) is 10.1. The highest BCUT2D eigenvalue weighted by Gasteiger charge is 2.36. The summed E-state index contributed by atoms with van der Waals surface area (Å²) in [4.78, 5) is 0. The second kappa shape index (κ2) is 4.05. The van der Waals surface area contributed by atoms with Gasteiger partial charge in [-0.25, -0.2) is 0 Å². The Morgan fingerprint density at radius 2 is 1.50 bits per heavy atom. The van der Waals surface area contributed by atoms with Crippen LogP contribution in [-0.2, 0) is 5.54 Å². The molecule has 1 nitrogen and oxygen atoms in total. The van der Waals surface area contributed by atoms with Crippen LogP contribution in [0.25, 0.3) is 0 Å². The van der Waals surface area contributed by atoms with Crippen LogP contribution < -0.4 is 5.73 Å². The number of hydrogen-bond acceptors (Lipinski definition) is 1. The normalized spacial score (nSPS) is 23.0. The van der Waals surface area contributed by atoms with E-state index in [9.17, 15) is 0 Å². The number of rotatable bonds is 1. The minimum atomic E-state index is -0.139. The second-order valence-electron chi connectivity index (χ2n) is 5.83. The number of nitrogens with two attached hydrogens (primary N) is 1. The molecule has 0 heterocycles. The molecule has 2 rings (SSSR count). The number of benzene rings is 1. The Morgan fingerprint density at radius 3 is 2.00 bits per heavy atom. The van der Waals surface area contributed by atoms with Crippen molar-refractivity contribution in [2.24, 2.45) is 11.1 Å². The van der Waals surface area contributed by atoms with Crippen molar-refractivity contribution in [2.45, 2.75) is 45.1 Å². The summed E-state index contributed by atoms with van der Waals surface area (Å²) in [7, 11) is 0. The van der Waals surface area contributed by atoms with E-state index in [2.05, 4.69) is 26.0 Å². The van der Waals surface area contributed by atoms with Crippen molar-refractivity contribution in [2.75, 3.05) is 0 Å². The van der Waals surface area contributed by atoms with Crippen molar-refractivity contribution < 1.29 is 0 Å². The van der Waals surface area contributed by atoms with Gasteiger partial charge < -0.3 is 5.73 Å². The van der Waals surface area contributed by atoms with Crippen molar-refractivity contribution in [3.63, 3.8) is 0 Å². The maximum Gasteiger partial charge on any atom is 0.0410 e. The largest absolute Gasteiger partial charge is 0.321 e. The standard InChI is InChI=1S/C14H20ClN/c1-13(2)7-9-14(16,10-8-13)11-3-5-12(15)6-4-11/h3-6H,7-10,16H2,1-2H3. The van der Waals surface area contributed by atoms with Gasteiger partial charge in [0.1, 0.15) is 0 Å². The lowest BCUT2D eigenvalue weighted by atomic mass is 9.67. The van der Waals surface area contributed by atoms with E-state index in [0.717, 1.165) is 17.9 Å². The molecule has 1 fully saturated rings. The molecule has 16 heavy (non-hydrogen) atoms. The van der Waals surface area contributed by atoms with Crippen molar-refractivity contribution in [3.8, 4) is 0 Å². The first-order valence-corrected chi connectivity index (χ1v) is 6.34.